The Morgan fingerprint density at radius 3 is 2.58 bits per heavy atom. The van der Waals surface area contributed by atoms with Gasteiger partial charge in [0.25, 0.3) is 0 Å². The van der Waals surface area contributed by atoms with Gasteiger partial charge in [0.15, 0.2) is 0 Å². The van der Waals surface area contributed by atoms with Gasteiger partial charge in [0, 0.05) is 6.42 Å². The molecule has 1 N–H and O–H groups in total. The summed E-state index contributed by atoms with van der Waals surface area (Å²) in [5.41, 5.74) is 0.159. The molecule has 0 radical (unpaired) electrons. The lowest BCUT2D eigenvalue weighted by Gasteiger charge is -2.22. The molecule has 19 heavy (non-hydrogen) atoms. The maximum Gasteiger partial charge on any atom is 0.408 e. The molecule has 1 aromatic heterocycles. The van der Waals surface area contributed by atoms with Gasteiger partial charge < -0.3 is 19.2 Å². The largest absolute Gasteiger partial charge is 0.472 e. The number of methoxy groups -OCH3 is 1. The zero-order valence-electron chi connectivity index (χ0n) is 11.6. The normalized spacial score (nSPS) is 12.6. The number of carbonyl (C=O) groups excluding carboxylic acids is 2. The van der Waals surface area contributed by atoms with Gasteiger partial charge in [-0.1, -0.05) is 0 Å². The lowest BCUT2D eigenvalue weighted by molar-refractivity contribution is -0.143. The van der Waals surface area contributed by atoms with Crippen molar-refractivity contribution >= 4 is 12.1 Å². The van der Waals surface area contributed by atoms with Gasteiger partial charge in [0.05, 0.1) is 19.6 Å². The molecule has 0 saturated carbocycles. The number of rotatable bonds is 4. The number of alkyl carbamates (subject to hydrolysis) is 1. The van der Waals surface area contributed by atoms with Gasteiger partial charge in [-0.2, -0.15) is 0 Å². The summed E-state index contributed by atoms with van der Waals surface area (Å²) >= 11 is 0. The molecule has 0 bridgehead atoms. The van der Waals surface area contributed by atoms with Crippen molar-refractivity contribution in [2.24, 2.45) is 0 Å². The number of amides is 1. The molecular formula is C13H19NO5. The van der Waals surface area contributed by atoms with Crippen LogP contribution in [0.2, 0.25) is 0 Å². The average Bonchev–Trinajstić information content (AvgIpc) is 2.77. The number of hydrogen-bond acceptors (Lipinski definition) is 5. The van der Waals surface area contributed by atoms with E-state index in [1.165, 1.54) is 19.6 Å². The summed E-state index contributed by atoms with van der Waals surface area (Å²) in [6.07, 6.45) is 2.62. The molecule has 6 heteroatoms. The molecule has 1 heterocycles. The molecule has 1 aromatic rings. The Labute approximate surface area is 112 Å². The molecule has 1 amide bonds. The van der Waals surface area contributed by atoms with E-state index in [1.807, 2.05) is 0 Å². The molecule has 0 aromatic carbocycles. The van der Waals surface area contributed by atoms with E-state index in [2.05, 4.69) is 10.1 Å². The van der Waals surface area contributed by atoms with Crippen LogP contribution in [0.1, 0.15) is 26.3 Å². The zero-order valence-corrected chi connectivity index (χ0v) is 11.6. The third-order valence-electron chi connectivity index (χ3n) is 2.20. The second-order valence-electron chi connectivity index (χ2n) is 5.06. The van der Waals surface area contributed by atoms with E-state index < -0.39 is 23.7 Å². The highest BCUT2D eigenvalue weighted by atomic mass is 16.6. The lowest BCUT2D eigenvalue weighted by atomic mass is 10.1. The van der Waals surface area contributed by atoms with E-state index >= 15 is 0 Å². The average molecular weight is 269 g/mol. The fraction of sp³-hybridized carbons (Fsp3) is 0.538. The van der Waals surface area contributed by atoms with Gasteiger partial charge >= 0.3 is 12.1 Å². The smallest absolute Gasteiger partial charge is 0.408 e. The zero-order chi connectivity index (χ0) is 14.5. The Bertz CT molecular complexity index is 419. The highest BCUT2D eigenvalue weighted by molar-refractivity contribution is 5.81. The molecule has 0 saturated heterocycles. The van der Waals surface area contributed by atoms with Gasteiger partial charge in [-0.15, -0.1) is 0 Å². The van der Waals surface area contributed by atoms with Gasteiger partial charge in [-0.25, -0.2) is 9.59 Å². The van der Waals surface area contributed by atoms with Crippen LogP contribution in [0.15, 0.2) is 23.0 Å². The molecule has 0 aliphatic heterocycles. The third-order valence-corrected chi connectivity index (χ3v) is 2.20. The fourth-order valence-corrected chi connectivity index (χ4v) is 1.43. The van der Waals surface area contributed by atoms with Crippen molar-refractivity contribution in [1.82, 2.24) is 5.32 Å². The molecule has 0 aliphatic rings. The molecule has 6 nitrogen and oxygen atoms in total. The minimum Gasteiger partial charge on any atom is -0.472 e. The van der Waals surface area contributed by atoms with E-state index in [0.717, 1.165) is 5.56 Å². The summed E-state index contributed by atoms with van der Waals surface area (Å²) in [6, 6.07) is 0.907. The Morgan fingerprint density at radius 1 is 1.42 bits per heavy atom. The highest BCUT2D eigenvalue weighted by Gasteiger charge is 2.25. The first-order chi connectivity index (χ1) is 8.81. The van der Waals surface area contributed by atoms with Crippen molar-refractivity contribution in [2.75, 3.05) is 7.11 Å². The molecule has 106 valence electrons. The minimum atomic E-state index is -0.808. The summed E-state index contributed by atoms with van der Waals surface area (Å²) < 4.78 is 14.7. The van der Waals surface area contributed by atoms with Crippen molar-refractivity contribution in [3.05, 3.63) is 24.2 Å². The van der Waals surface area contributed by atoms with Crippen LogP contribution >= 0.6 is 0 Å². The van der Waals surface area contributed by atoms with Crippen molar-refractivity contribution in [3.63, 3.8) is 0 Å². The van der Waals surface area contributed by atoms with Gasteiger partial charge in [0.2, 0.25) is 0 Å². The van der Waals surface area contributed by atoms with Crippen LogP contribution in [0.4, 0.5) is 4.79 Å². The number of nitrogens with one attached hydrogen (secondary N) is 1. The quantitative estimate of drug-likeness (QED) is 0.844. The second kappa shape index (κ2) is 6.26. The fourth-order valence-electron chi connectivity index (χ4n) is 1.43. The van der Waals surface area contributed by atoms with Gasteiger partial charge in [-0.3, -0.25) is 0 Å². The Morgan fingerprint density at radius 2 is 2.11 bits per heavy atom. The Balaban J connectivity index is 2.65. The lowest BCUT2D eigenvalue weighted by Crippen LogP contribution is -2.45. The minimum absolute atomic E-state index is 0.280. The van der Waals surface area contributed by atoms with Crippen molar-refractivity contribution in [1.29, 1.82) is 0 Å². The maximum absolute atomic E-state index is 11.7. The standard InChI is InChI=1S/C13H19NO5/c1-13(2,3)19-12(16)14-10(11(15)17-4)7-9-5-6-18-8-9/h5-6,8,10H,7H2,1-4H3,(H,14,16)/t10-/m0/s1. The first-order valence-corrected chi connectivity index (χ1v) is 5.90. The maximum atomic E-state index is 11.7. The van der Waals surface area contributed by atoms with E-state index in [1.54, 1.807) is 26.8 Å². The third kappa shape index (κ3) is 5.46. The van der Waals surface area contributed by atoms with E-state index in [-0.39, 0.29) is 6.42 Å². The first-order valence-electron chi connectivity index (χ1n) is 5.90. The number of carbonyl (C=O) groups is 2. The molecule has 1 rings (SSSR count). The predicted octanol–water partition coefficient (Wildman–Crippen LogP) is 1.89. The molecular weight excluding hydrogens is 250 g/mol. The SMILES string of the molecule is COC(=O)[C@H](Cc1ccoc1)NC(=O)OC(C)(C)C. The van der Waals surface area contributed by atoms with Crippen LogP contribution in [0.25, 0.3) is 0 Å². The van der Waals surface area contributed by atoms with Gasteiger partial charge in [-0.05, 0) is 32.4 Å². The molecule has 0 unspecified atom stereocenters. The molecule has 1 atom stereocenters. The molecule has 0 aliphatic carbocycles. The number of ether oxygens (including phenoxy) is 2. The van der Waals surface area contributed by atoms with Crippen molar-refractivity contribution in [2.45, 2.75) is 38.8 Å². The number of hydrogen-bond donors (Lipinski definition) is 1. The topological polar surface area (TPSA) is 77.8 Å². The monoisotopic (exact) mass is 269 g/mol. The van der Waals surface area contributed by atoms with E-state index in [9.17, 15) is 9.59 Å². The van der Waals surface area contributed by atoms with Crippen molar-refractivity contribution < 1.29 is 23.5 Å². The number of furan rings is 1. The second-order valence-corrected chi connectivity index (χ2v) is 5.06. The summed E-state index contributed by atoms with van der Waals surface area (Å²) in [4.78, 5) is 23.3. The summed E-state index contributed by atoms with van der Waals surface area (Å²) in [6.45, 7) is 5.24. The summed E-state index contributed by atoms with van der Waals surface area (Å²) in [5, 5.41) is 2.49. The molecule has 0 fully saturated rings. The summed E-state index contributed by atoms with van der Waals surface area (Å²) in [5.74, 6) is -0.535. The van der Waals surface area contributed by atoms with Gasteiger partial charge in [0.1, 0.15) is 11.6 Å². The van der Waals surface area contributed by atoms with Crippen LogP contribution in [0.3, 0.4) is 0 Å². The summed E-state index contributed by atoms with van der Waals surface area (Å²) in [7, 11) is 1.27. The van der Waals surface area contributed by atoms with E-state index in [4.69, 9.17) is 9.15 Å². The van der Waals surface area contributed by atoms with Crippen molar-refractivity contribution in [3.8, 4) is 0 Å². The van der Waals surface area contributed by atoms with Crippen LogP contribution in [0.5, 0.6) is 0 Å². The van der Waals surface area contributed by atoms with Crippen LogP contribution in [0, 0.1) is 0 Å². The van der Waals surface area contributed by atoms with Crippen LogP contribution in [-0.2, 0) is 20.7 Å². The molecule has 0 spiro atoms. The number of esters is 1. The predicted molar refractivity (Wildman–Crippen MR) is 67.6 cm³/mol. The van der Waals surface area contributed by atoms with E-state index in [0.29, 0.717) is 0 Å². The Hall–Kier alpha value is -1.98. The highest BCUT2D eigenvalue weighted by Crippen LogP contribution is 2.09. The van der Waals surface area contributed by atoms with Crippen LogP contribution in [-0.4, -0.2) is 30.8 Å². The first kappa shape index (κ1) is 15.1. The Kier molecular flexibility index (Phi) is 4.97. The van der Waals surface area contributed by atoms with Crippen LogP contribution < -0.4 is 5.32 Å².